The Morgan fingerprint density at radius 2 is 2.08 bits per heavy atom. The zero-order chi connectivity index (χ0) is 17.1. The molecule has 2 aromatic heterocycles. The summed E-state index contributed by atoms with van der Waals surface area (Å²) in [6.07, 6.45) is 5.12. The van der Waals surface area contributed by atoms with E-state index in [1.165, 1.54) is 7.11 Å². The van der Waals surface area contributed by atoms with E-state index in [1.807, 2.05) is 17.7 Å². The van der Waals surface area contributed by atoms with Crippen LogP contribution in [0.4, 0.5) is 5.69 Å². The van der Waals surface area contributed by atoms with E-state index >= 15 is 0 Å². The fourth-order valence-electron chi connectivity index (χ4n) is 2.28. The highest BCUT2D eigenvalue weighted by Crippen LogP contribution is 2.23. The monoisotopic (exact) mass is 342 g/mol. The van der Waals surface area contributed by atoms with E-state index in [4.69, 9.17) is 16.3 Å². The zero-order valence-corrected chi connectivity index (χ0v) is 13.9. The van der Waals surface area contributed by atoms with Gasteiger partial charge in [0.25, 0.3) is 5.91 Å². The molecule has 0 unspecified atom stereocenters. The number of aromatic nitrogens is 3. The van der Waals surface area contributed by atoms with E-state index in [2.05, 4.69) is 15.3 Å². The molecular weight excluding hydrogens is 328 g/mol. The highest BCUT2D eigenvalue weighted by molar-refractivity contribution is 6.31. The standard InChI is InChI=1S/C17H15ClN4O2/c1-11-19-7-8-22(11)16-6-4-13(10-20-16)21-17(23)14-9-12(18)3-5-15(14)24-2/h3-10H,1-2H3,(H,21,23). The SMILES string of the molecule is COc1ccc(Cl)cc1C(=O)Nc1ccc(-n2ccnc2C)nc1. The molecule has 0 fully saturated rings. The lowest BCUT2D eigenvalue weighted by Gasteiger charge is -2.10. The van der Waals surface area contributed by atoms with E-state index in [0.29, 0.717) is 22.0 Å². The van der Waals surface area contributed by atoms with Crippen molar-refractivity contribution in [3.8, 4) is 11.6 Å². The van der Waals surface area contributed by atoms with Gasteiger partial charge in [0.2, 0.25) is 0 Å². The van der Waals surface area contributed by atoms with Crippen molar-refractivity contribution in [2.75, 3.05) is 12.4 Å². The highest BCUT2D eigenvalue weighted by atomic mass is 35.5. The van der Waals surface area contributed by atoms with Gasteiger partial charge in [-0.25, -0.2) is 9.97 Å². The molecule has 122 valence electrons. The van der Waals surface area contributed by atoms with Crippen LogP contribution in [-0.2, 0) is 0 Å². The van der Waals surface area contributed by atoms with Crippen molar-refractivity contribution in [3.05, 3.63) is 65.3 Å². The minimum atomic E-state index is -0.317. The van der Waals surface area contributed by atoms with E-state index in [1.54, 1.807) is 42.7 Å². The number of hydrogen-bond donors (Lipinski definition) is 1. The molecule has 0 aliphatic heterocycles. The summed E-state index contributed by atoms with van der Waals surface area (Å²) in [6, 6.07) is 8.46. The number of benzene rings is 1. The Labute approximate surface area is 144 Å². The second-order valence-electron chi connectivity index (χ2n) is 5.05. The van der Waals surface area contributed by atoms with Crippen LogP contribution in [-0.4, -0.2) is 27.6 Å². The molecule has 3 aromatic rings. The van der Waals surface area contributed by atoms with Crippen molar-refractivity contribution >= 4 is 23.2 Å². The summed E-state index contributed by atoms with van der Waals surface area (Å²) < 4.78 is 7.05. The van der Waals surface area contributed by atoms with Gasteiger partial charge in [-0.1, -0.05) is 11.6 Å². The quantitative estimate of drug-likeness (QED) is 0.788. The Bertz CT molecular complexity index is 875. The predicted octanol–water partition coefficient (Wildman–Crippen LogP) is 3.49. The zero-order valence-electron chi connectivity index (χ0n) is 13.2. The number of nitrogens with one attached hydrogen (secondary N) is 1. The summed E-state index contributed by atoms with van der Waals surface area (Å²) >= 11 is 5.96. The molecule has 0 radical (unpaired) electrons. The lowest BCUT2D eigenvalue weighted by atomic mass is 10.2. The first-order valence-electron chi connectivity index (χ1n) is 7.20. The topological polar surface area (TPSA) is 69.0 Å². The number of carbonyl (C=O) groups excluding carboxylic acids is 1. The van der Waals surface area contributed by atoms with Crippen molar-refractivity contribution in [1.82, 2.24) is 14.5 Å². The number of anilines is 1. The molecule has 0 aliphatic rings. The van der Waals surface area contributed by atoms with Gasteiger partial charge in [0, 0.05) is 17.4 Å². The lowest BCUT2D eigenvalue weighted by molar-refractivity contribution is 0.102. The molecule has 1 aromatic carbocycles. The van der Waals surface area contributed by atoms with Gasteiger partial charge in [-0.3, -0.25) is 9.36 Å². The molecule has 7 heteroatoms. The maximum Gasteiger partial charge on any atom is 0.259 e. The molecule has 0 spiro atoms. The van der Waals surface area contributed by atoms with Gasteiger partial charge in [0.1, 0.15) is 17.4 Å². The smallest absolute Gasteiger partial charge is 0.259 e. The van der Waals surface area contributed by atoms with E-state index < -0.39 is 0 Å². The summed E-state index contributed by atoms with van der Waals surface area (Å²) in [5.41, 5.74) is 0.933. The Morgan fingerprint density at radius 1 is 1.25 bits per heavy atom. The first-order chi connectivity index (χ1) is 11.6. The molecular formula is C17H15ClN4O2. The molecule has 1 amide bonds. The highest BCUT2D eigenvalue weighted by Gasteiger charge is 2.13. The van der Waals surface area contributed by atoms with Gasteiger partial charge in [0.15, 0.2) is 0 Å². The van der Waals surface area contributed by atoms with Crippen LogP contribution in [0.3, 0.4) is 0 Å². The second kappa shape index (κ2) is 6.72. The predicted molar refractivity (Wildman–Crippen MR) is 92.1 cm³/mol. The molecule has 0 aliphatic carbocycles. The van der Waals surface area contributed by atoms with Crippen LogP contribution in [0, 0.1) is 6.92 Å². The van der Waals surface area contributed by atoms with Gasteiger partial charge in [-0.2, -0.15) is 0 Å². The van der Waals surface area contributed by atoms with Gasteiger partial charge >= 0.3 is 0 Å². The van der Waals surface area contributed by atoms with Crippen molar-refractivity contribution in [1.29, 1.82) is 0 Å². The number of amides is 1. The molecule has 2 heterocycles. The minimum Gasteiger partial charge on any atom is -0.496 e. The Kier molecular flexibility index (Phi) is 4.48. The van der Waals surface area contributed by atoms with Gasteiger partial charge in [-0.15, -0.1) is 0 Å². The van der Waals surface area contributed by atoms with Gasteiger partial charge in [0.05, 0.1) is 24.6 Å². The van der Waals surface area contributed by atoms with Crippen LogP contribution in [0.2, 0.25) is 5.02 Å². The van der Waals surface area contributed by atoms with Crippen molar-refractivity contribution in [2.45, 2.75) is 6.92 Å². The fourth-order valence-corrected chi connectivity index (χ4v) is 2.45. The Morgan fingerprint density at radius 3 is 2.71 bits per heavy atom. The average Bonchev–Trinajstić information content (AvgIpc) is 3.01. The third-order valence-electron chi connectivity index (χ3n) is 3.48. The number of carbonyl (C=O) groups is 1. The average molecular weight is 343 g/mol. The number of halogens is 1. The summed E-state index contributed by atoms with van der Waals surface area (Å²) in [5, 5.41) is 3.25. The number of ether oxygens (including phenoxy) is 1. The number of rotatable bonds is 4. The molecule has 6 nitrogen and oxygen atoms in total. The first kappa shape index (κ1) is 16.0. The molecule has 3 rings (SSSR count). The van der Waals surface area contributed by atoms with E-state index in [0.717, 1.165) is 11.6 Å². The lowest BCUT2D eigenvalue weighted by Crippen LogP contribution is -2.13. The Balaban J connectivity index is 1.80. The number of aryl methyl sites for hydroxylation is 1. The Hall–Kier alpha value is -2.86. The molecule has 0 bridgehead atoms. The summed E-state index contributed by atoms with van der Waals surface area (Å²) in [5.74, 6) is 1.70. The van der Waals surface area contributed by atoms with Crippen molar-refractivity contribution in [2.24, 2.45) is 0 Å². The summed E-state index contributed by atoms with van der Waals surface area (Å²) in [4.78, 5) is 20.9. The van der Waals surface area contributed by atoms with Crippen molar-refractivity contribution < 1.29 is 9.53 Å². The molecule has 1 N–H and O–H groups in total. The maximum atomic E-state index is 12.4. The molecule has 0 saturated heterocycles. The number of imidazole rings is 1. The third kappa shape index (κ3) is 3.23. The van der Waals surface area contributed by atoms with Crippen LogP contribution in [0.5, 0.6) is 5.75 Å². The normalized spacial score (nSPS) is 10.5. The van der Waals surface area contributed by atoms with E-state index in [9.17, 15) is 4.79 Å². The number of hydrogen-bond acceptors (Lipinski definition) is 4. The summed E-state index contributed by atoms with van der Waals surface area (Å²) in [7, 11) is 1.50. The van der Waals surface area contributed by atoms with Gasteiger partial charge in [-0.05, 0) is 37.3 Å². The van der Waals surface area contributed by atoms with Crippen LogP contribution < -0.4 is 10.1 Å². The second-order valence-corrected chi connectivity index (χ2v) is 5.48. The van der Waals surface area contributed by atoms with Crippen LogP contribution in [0.15, 0.2) is 48.9 Å². The molecule has 0 atom stereocenters. The molecule has 24 heavy (non-hydrogen) atoms. The molecule has 0 saturated carbocycles. The number of nitrogens with zero attached hydrogens (tertiary/aromatic N) is 3. The minimum absolute atomic E-state index is 0.317. The van der Waals surface area contributed by atoms with Crippen LogP contribution >= 0.6 is 11.6 Å². The summed E-state index contributed by atoms with van der Waals surface area (Å²) in [6.45, 7) is 1.89. The van der Waals surface area contributed by atoms with Gasteiger partial charge < -0.3 is 10.1 Å². The number of pyridine rings is 1. The third-order valence-corrected chi connectivity index (χ3v) is 3.72. The first-order valence-corrected chi connectivity index (χ1v) is 7.57. The fraction of sp³-hybridized carbons (Fsp3) is 0.118. The number of methoxy groups -OCH3 is 1. The van der Waals surface area contributed by atoms with Crippen LogP contribution in [0.25, 0.3) is 5.82 Å². The van der Waals surface area contributed by atoms with Crippen molar-refractivity contribution in [3.63, 3.8) is 0 Å². The van der Waals surface area contributed by atoms with Crippen LogP contribution in [0.1, 0.15) is 16.2 Å². The largest absolute Gasteiger partial charge is 0.496 e. The van der Waals surface area contributed by atoms with E-state index in [-0.39, 0.29) is 5.91 Å². The maximum absolute atomic E-state index is 12.4.